The highest BCUT2D eigenvalue weighted by molar-refractivity contribution is 6.30. The lowest BCUT2D eigenvalue weighted by molar-refractivity contribution is 0.0734. The van der Waals surface area contributed by atoms with Gasteiger partial charge in [-0.1, -0.05) is 35.9 Å². The van der Waals surface area contributed by atoms with E-state index in [2.05, 4.69) is 16.4 Å². The molecule has 0 radical (unpaired) electrons. The van der Waals surface area contributed by atoms with Crippen LogP contribution in [-0.2, 0) is 13.0 Å². The first-order valence-electron chi connectivity index (χ1n) is 8.99. The van der Waals surface area contributed by atoms with Crippen LogP contribution < -0.4 is 5.32 Å². The molecule has 1 aliphatic heterocycles. The molecule has 140 valence electrons. The summed E-state index contributed by atoms with van der Waals surface area (Å²) < 4.78 is 0. The summed E-state index contributed by atoms with van der Waals surface area (Å²) >= 11 is 5.86. The van der Waals surface area contributed by atoms with Crippen LogP contribution in [0.5, 0.6) is 0 Å². The van der Waals surface area contributed by atoms with Gasteiger partial charge in [0.15, 0.2) is 0 Å². The van der Waals surface area contributed by atoms with E-state index in [-0.39, 0.29) is 17.5 Å². The highest BCUT2D eigenvalue weighted by Crippen LogP contribution is 2.20. The van der Waals surface area contributed by atoms with Crippen molar-refractivity contribution in [1.82, 2.24) is 9.88 Å². The van der Waals surface area contributed by atoms with E-state index in [4.69, 9.17) is 11.6 Å². The van der Waals surface area contributed by atoms with E-state index in [0.717, 1.165) is 12.0 Å². The zero-order valence-electron chi connectivity index (χ0n) is 15.1. The first-order valence-corrected chi connectivity index (χ1v) is 9.37. The number of aromatic nitrogens is 1. The van der Waals surface area contributed by atoms with Crippen LogP contribution in [0, 0.1) is 0 Å². The summed E-state index contributed by atoms with van der Waals surface area (Å²) in [6.45, 7) is 1.23. The zero-order valence-corrected chi connectivity index (χ0v) is 15.8. The third-order valence-corrected chi connectivity index (χ3v) is 5.01. The topological polar surface area (TPSA) is 62.3 Å². The second-order valence-electron chi connectivity index (χ2n) is 6.64. The summed E-state index contributed by atoms with van der Waals surface area (Å²) in [5.41, 5.74) is 3.70. The van der Waals surface area contributed by atoms with Crippen LogP contribution in [0.1, 0.15) is 32.0 Å². The number of fused-ring (bicyclic) bond motifs is 1. The number of hydrogen-bond donors (Lipinski definition) is 1. The second kappa shape index (κ2) is 7.82. The lowest BCUT2D eigenvalue weighted by Crippen LogP contribution is -2.36. The molecule has 1 aromatic heterocycles. The molecule has 0 saturated heterocycles. The molecule has 5 nitrogen and oxygen atoms in total. The van der Waals surface area contributed by atoms with Crippen molar-refractivity contribution in [2.24, 2.45) is 0 Å². The third kappa shape index (κ3) is 3.89. The molecular formula is C22H18ClN3O2. The Morgan fingerprint density at radius 3 is 2.54 bits per heavy atom. The van der Waals surface area contributed by atoms with Crippen molar-refractivity contribution >= 4 is 29.1 Å². The SMILES string of the molecule is O=C(Nc1ccc(Cl)cc1)c1cc(C(=O)N2CCc3ccccc3C2)ccn1. The number of pyridine rings is 1. The lowest BCUT2D eigenvalue weighted by atomic mass is 9.99. The average molecular weight is 392 g/mol. The average Bonchev–Trinajstić information content (AvgIpc) is 2.74. The van der Waals surface area contributed by atoms with Crippen LogP contribution in [0.25, 0.3) is 0 Å². The zero-order chi connectivity index (χ0) is 19.5. The predicted octanol–water partition coefficient (Wildman–Crippen LogP) is 4.19. The number of carbonyl (C=O) groups is 2. The second-order valence-corrected chi connectivity index (χ2v) is 7.07. The first-order chi connectivity index (χ1) is 13.6. The quantitative estimate of drug-likeness (QED) is 0.728. The molecule has 0 atom stereocenters. The number of nitrogens with one attached hydrogen (secondary N) is 1. The molecule has 0 unspecified atom stereocenters. The largest absolute Gasteiger partial charge is 0.334 e. The van der Waals surface area contributed by atoms with Crippen molar-refractivity contribution in [3.8, 4) is 0 Å². The Kier molecular flexibility index (Phi) is 5.08. The number of anilines is 1. The van der Waals surface area contributed by atoms with Crippen molar-refractivity contribution in [1.29, 1.82) is 0 Å². The van der Waals surface area contributed by atoms with Gasteiger partial charge in [-0.25, -0.2) is 0 Å². The van der Waals surface area contributed by atoms with Gasteiger partial charge in [0, 0.05) is 35.6 Å². The fraction of sp³-hybridized carbons (Fsp3) is 0.136. The van der Waals surface area contributed by atoms with Gasteiger partial charge in [-0.05, 0) is 53.9 Å². The molecular weight excluding hydrogens is 374 g/mol. The van der Waals surface area contributed by atoms with Crippen molar-refractivity contribution in [2.45, 2.75) is 13.0 Å². The number of benzene rings is 2. The molecule has 0 bridgehead atoms. The fourth-order valence-electron chi connectivity index (χ4n) is 3.27. The van der Waals surface area contributed by atoms with Gasteiger partial charge in [-0.2, -0.15) is 0 Å². The minimum atomic E-state index is -0.374. The van der Waals surface area contributed by atoms with Gasteiger partial charge < -0.3 is 10.2 Å². The Labute approximate surface area is 168 Å². The summed E-state index contributed by atoms with van der Waals surface area (Å²) in [6, 6.07) is 18.1. The lowest BCUT2D eigenvalue weighted by Gasteiger charge is -2.29. The van der Waals surface area contributed by atoms with Crippen LogP contribution >= 0.6 is 11.6 Å². The highest BCUT2D eigenvalue weighted by Gasteiger charge is 2.22. The minimum absolute atomic E-state index is 0.0996. The Morgan fingerprint density at radius 2 is 1.75 bits per heavy atom. The Hall–Kier alpha value is -3.18. The van der Waals surface area contributed by atoms with Gasteiger partial charge in [-0.15, -0.1) is 0 Å². The van der Waals surface area contributed by atoms with Gasteiger partial charge in [0.25, 0.3) is 11.8 Å². The molecule has 28 heavy (non-hydrogen) atoms. The first kappa shape index (κ1) is 18.2. The van der Waals surface area contributed by atoms with Crippen LogP contribution in [0.3, 0.4) is 0 Å². The van der Waals surface area contributed by atoms with E-state index < -0.39 is 0 Å². The van der Waals surface area contributed by atoms with Gasteiger partial charge in [0.2, 0.25) is 0 Å². The molecule has 4 rings (SSSR count). The van der Waals surface area contributed by atoms with Crippen molar-refractivity contribution < 1.29 is 9.59 Å². The highest BCUT2D eigenvalue weighted by atomic mass is 35.5. The van der Waals surface area contributed by atoms with Crippen LogP contribution in [0.4, 0.5) is 5.69 Å². The molecule has 1 N–H and O–H groups in total. The maximum absolute atomic E-state index is 12.9. The van der Waals surface area contributed by atoms with E-state index in [9.17, 15) is 9.59 Å². The van der Waals surface area contributed by atoms with Gasteiger partial charge in [0.1, 0.15) is 5.69 Å². The Balaban J connectivity index is 1.49. The summed E-state index contributed by atoms with van der Waals surface area (Å²) in [6.07, 6.45) is 2.32. The van der Waals surface area contributed by atoms with E-state index in [1.807, 2.05) is 18.2 Å². The molecule has 0 fully saturated rings. The standard InChI is InChI=1S/C22H18ClN3O2/c23-18-5-7-19(8-6-18)25-21(27)20-13-16(9-11-24-20)22(28)26-12-10-15-3-1-2-4-17(15)14-26/h1-9,11,13H,10,12,14H2,(H,25,27). The fourth-order valence-corrected chi connectivity index (χ4v) is 3.39. The molecule has 3 aromatic rings. The number of rotatable bonds is 3. The number of carbonyl (C=O) groups excluding carboxylic acids is 2. The smallest absolute Gasteiger partial charge is 0.274 e. The summed E-state index contributed by atoms with van der Waals surface area (Å²) in [5.74, 6) is -0.474. The van der Waals surface area contributed by atoms with Crippen molar-refractivity contribution in [2.75, 3.05) is 11.9 Å². The van der Waals surface area contributed by atoms with E-state index in [0.29, 0.717) is 29.4 Å². The molecule has 2 heterocycles. The molecule has 0 saturated carbocycles. The van der Waals surface area contributed by atoms with Gasteiger partial charge >= 0.3 is 0 Å². The molecule has 0 spiro atoms. The van der Waals surface area contributed by atoms with E-state index in [1.165, 1.54) is 17.8 Å². The molecule has 2 amide bonds. The van der Waals surface area contributed by atoms with E-state index in [1.54, 1.807) is 35.2 Å². The van der Waals surface area contributed by atoms with Gasteiger partial charge in [0.05, 0.1) is 0 Å². The van der Waals surface area contributed by atoms with Crippen molar-refractivity contribution in [3.63, 3.8) is 0 Å². The summed E-state index contributed by atoms with van der Waals surface area (Å²) in [4.78, 5) is 31.3. The normalized spacial score (nSPS) is 13.0. The van der Waals surface area contributed by atoms with Crippen LogP contribution in [0.15, 0.2) is 66.9 Å². The number of hydrogen-bond acceptors (Lipinski definition) is 3. The van der Waals surface area contributed by atoms with Gasteiger partial charge in [-0.3, -0.25) is 14.6 Å². The molecule has 6 heteroatoms. The molecule has 1 aliphatic rings. The Bertz CT molecular complexity index is 1030. The molecule has 0 aliphatic carbocycles. The summed E-state index contributed by atoms with van der Waals surface area (Å²) in [7, 11) is 0. The third-order valence-electron chi connectivity index (χ3n) is 4.76. The van der Waals surface area contributed by atoms with Crippen LogP contribution in [-0.4, -0.2) is 28.2 Å². The van der Waals surface area contributed by atoms with Crippen LogP contribution in [0.2, 0.25) is 5.02 Å². The number of nitrogens with zero attached hydrogens (tertiary/aromatic N) is 2. The number of amides is 2. The maximum atomic E-state index is 12.9. The molecule has 2 aromatic carbocycles. The van der Waals surface area contributed by atoms with Crippen molar-refractivity contribution in [3.05, 3.63) is 94.3 Å². The predicted molar refractivity (Wildman–Crippen MR) is 109 cm³/mol. The monoisotopic (exact) mass is 391 g/mol. The maximum Gasteiger partial charge on any atom is 0.274 e. The Morgan fingerprint density at radius 1 is 1.00 bits per heavy atom. The number of halogens is 1. The minimum Gasteiger partial charge on any atom is -0.334 e. The van der Waals surface area contributed by atoms with E-state index >= 15 is 0 Å². The summed E-state index contributed by atoms with van der Waals surface area (Å²) in [5, 5.41) is 3.35.